The fraction of sp³-hybridized carbons (Fsp3) is 0.143. The fourth-order valence-corrected chi connectivity index (χ4v) is 9.36. The van der Waals surface area contributed by atoms with E-state index in [0.29, 0.717) is 31.1 Å². The molecule has 1 aliphatic heterocycles. The van der Waals surface area contributed by atoms with Crippen LogP contribution in [0, 0.1) is 27.4 Å². The topological polar surface area (TPSA) is 150 Å². The van der Waals surface area contributed by atoms with Crippen molar-refractivity contribution >= 4 is 42.0 Å². The van der Waals surface area contributed by atoms with Crippen molar-refractivity contribution in [2.24, 2.45) is 0 Å². The molecule has 0 atom stereocenters. The molecule has 1 heterocycles. The predicted molar refractivity (Wildman–Crippen MR) is 97.6 cm³/mol. The first-order valence-electron chi connectivity index (χ1n) is 7.08. The summed E-state index contributed by atoms with van der Waals surface area (Å²) in [5.41, 5.74) is 0.810. The number of aryl methyl sites for hydroxylation is 2. The second-order valence-electron chi connectivity index (χ2n) is 5.31. The van der Waals surface area contributed by atoms with E-state index in [0.717, 1.165) is 0 Å². The standard InChI is InChI=1S/C14H11IN2O8S/c18-16(19)11-5-3-9-1-2-10-4-6-12(17(20)21)8-14(10)15(13(9)7-11)25-26(22,23)24/h3-8H,1-2H2,(H,22,23,24). The van der Waals surface area contributed by atoms with Crippen LogP contribution in [0.25, 0.3) is 0 Å². The molecule has 0 radical (unpaired) electrons. The molecule has 2 aromatic rings. The zero-order valence-electron chi connectivity index (χ0n) is 12.9. The minimum absolute atomic E-state index is 0.251. The van der Waals surface area contributed by atoms with Gasteiger partial charge in [0.2, 0.25) is 0 Å². The number of benzene rings is 2. The number of nitro groups is 2. The molecule has 0 aliphatic carbocycles. The van der Waals surface area contributed by atoms with Crippen LogP contribution in [0.2, 0.25) is 0 Å². The monoisotopic (exact) mass is 494 g/mol. The fourth-order valence-electron chi connectivity index (χ4n) is 2.55. The average molecular weight is 494 g/mol. The third-order valence-corrected chi connectivity index (χ3v) is 10.5. The number of fused-ring (bicyclic) bond motifs is 2. The number of nitro benzene ring substituents is 2. The van der Waals surface area contributed by atoms with E-state index < -0.39 is 40.5 Å². The van der Waals surface area contributed by atoms with Crippen LogP contribution in [0.15, 0.2) is 36.4 Å². The van der Waals surface area contributed by atoms with Gasteiger partial charge in [-0.3, -0.25) is 0 Å². The molecule has 12 heteroatoms. The van der Waals surface area contributed by atoms with Gasteiger partial charge >= 0.3 is 155 Å². The Balaban J connectivity index is 2.26. The van der Waals surface area contributed by atoms with Crippen LogP contribution >= 0.6 is 20.2 Å². The molecule has 1 N–H and O–H groups in total. The molecule has 0 saturated carbocycles. The van der Waals surface area contributed by atoms with Gasteiger partial charge in [-0.15, -0.1) is 0 Å². The maximum atomic E-state index is 11.4. The van der Waals surface area contributed by atoms with Gasteiger partial charge in [0.25, 0.3) is 0 Å². The quantitative estimate of drug-likeness (QED) is 0.295. The molecule has 0 saturated heterocycles. The van der Waals surface area contributed by atoms with Gasteiger partial charge in [0, 0.05) is 0 Å². The van der Waals surface area contributed by atoms with Gasteiger partial charge in [0.15, 0.2) is 0 Å². The Kier molecular flexibility index (Phi) is 4.92. The number of halogens is 1. The Hall–Kier alpha value is -2.16. The Morgan fingerprint density at radius 1 is 0.923 bits per heavy atom. The molecule has 0 aromatic heterocycles. The van der Waals surface area contributed by atoms with Gasteiger partial charge in [0.1, 0.15) is 0 Å². The first-order chi connectivity index (χ1) is 12.2. The summed E-state index contributed by atoms with van der Waals surface area (Å²) in [6.07, 6.45) is 0.919. The molecule has 2 aromatic carbocycles. The molecule has 26 heavy (non-hydrogen) atoms. The molecule has 0 fully saturated rings. The summed E-state index contributed by atoms with van der Waals surface area (Å²) in [5.74, 6) is 0. The van der Waals surface area contributed by atoms with Crippen molar-refractivity contribution in [1.29, 1.82) is 0 Å². The van der Waals surface area contributed by atoms with E-state index in [1.807, 2.05) is 0 Å². The van der Waals surface area contributed by atoms with Crippen molar-refractivity contribution in [3.05, 3.63) is 74.9 Å². The summed E-state index contributed by atoms with van der Waals surface area (Å²) in [6, 6.07) is 8.09. The van der Waals surface area contributed by atoms with Crippen LogP contribution in [0.1, 0.15) is 11.1 Å². The summed E-state index contributed by atoms with van der Waals surface area (Å²) >= 11 is -3.40. The number of non-ortho nitro benzene ring substituents is 2. The van der Waals surface area contributed by atoms with Crippen molar-refractivity contribution in [3.63, 3.8) is 0 Å². The number of nitrogens with zero attached hydrogens (tertiary/aromatic N) is 2. The van der Waals surface area contributed by atoms with Crippen molar-refractivity contribution in [3.8, 4) is 0 Å². The maximum absolute atomic E-state index is 11.4. The van der Waals surface area contributed by atoms with Gasteiger partial charge in [-0.2, -0.15) is 0 Å². The van der Waals surface area contributed by atoms with Crippen LogP contribution in [0.3, 0.4) is 0 Å². The Bertz CT molecular complexity index is 958. The third-order valence-electron chi connectivity index (χ3n) is 3.67. The van der Waals surface area contributed by atoms with Crippen LogP contribution in [-0.4, -0.2) is 22.8 Å². The molecule has 1 aliphatic rings. The van der Waals surface area contributed by atoms with Gasteiger partial charge < -0.3 is 0 Å². The van der Waals surface area contributed by atoms with Crippen molar-refractivity contribution in [2.45, 2.75) is 12.8 Å². The Morgan fingerprint density at radius 3 is 1.69 bits per heavy atom. The van der Waals surface area contributed by atoms with Gasteiger partial charge in [0.05, 0.1) is 0 Å². The summed E-state index contributed by atoms with van der Waals surface area (Å²) in [4.78, 5) is 20.9. The Morgan fingerprint density at radius 2 is 1.35 bits per heavy atom. The SMILES string of the molecule is O=[N+]([O-])c1ccc2c(c1)I(OS(=O)(=O)O)c1cc([N+](=O)[O-])ccc1CC2. The third kappa shape index (κ3) is 3.82. The number of rotatable bonds is 4. The predicted octanol–water partition coefficient (Wildman–Crippen LogP) is 2.88. The van der Waals surface area contributed by atoms with Gasteiger partial charge in [-0.05, 0) is 0 Å². The van der Waals surface area contributed by atoms with Gasteiger partial charge in [-0.25, -0.2) is 0 Å². The zero-order valence-corrected chi connectivity index (χ0v) is 15.8. The second-order valence-corrected chi connectivity index (χ2v) is 11.1. The van der Waals surface area contributed by atoms with Crippen molar-refractivity contribution in [1.82, 2.24) is 0 Å². The number of hydrogen-bond acceptors (Lipinski definition) is 7. The number of hydrogen-bond donors (Lipinski definition) is 1. The van der Waals surface area contributed by atoms with E-state index >= 15 is 0 Å². The molecule has 0 bridgehead atoms. The van der Waals surface area contributed by atoms with Gasteiger partial charge in [-0.1, -0.05) is 0 Å². The van der Waals surface area contributed by atoms with Crippen molar-refractivity contribution < 1.29 is 25.3 Å². The van der Waals surface area contributed by atoms with E-state index in [1.165, 1.54) is 36.4 Å². The molecular weight excluding hydrogens is 483 g/mol. The average Bonchev–Trinajstić information content (AvgIpc) is 2.70. The molecule has 0 unspecified atom stereocenters. The minimum atomic E-state index is -4.86. The molecule has 0 amide bonds. The van der Waals surface area contributed by atoms with Crippen LogP contribution in [0.4, 0.5) is 11.4 Å². The molecular formula is C14H11IN2O8S. The second kappa shape index (κ2) is 6.86. The van der Waals surface area contributed by atoms with E-state index in [4.69, 9.17) is 2.51 Å². The van der Waals surface area contributed by atoms with E-state index in [1.54, 1.807) is 0 Å². The van der Waals surface area contributed by atoms with E-state index in [9.17, 15) is 33.2 Å². The molecule has 10 nitrogen and oxygen atoms in total. The van der Waals surface area contributed by atoms with Crippen LogP contribution < -0.4 is 0 Å². The summed E-state index contributed by atoms with van der Waals surface area (Å²) in [6.45, 7) is 0. The van der Waals surface area contributed by atoms with Crippen molar-refractivity contribution in [2.75, 3.05) is 0 Å². The summed E-state index contributed by atoms with van der Waals surface area (Å²) in [5, 5.41) is 22.2. The summed E-state index contributed by atoms with van der Waals surface area (Å²) < 4.78 is 37.5. The first kappa shape index (κ1) is 18.6. The Labute approximate surface area is 155 Å². The molecule has 3 rings (SSSR count). The summed E-state index contributed by atoms with van der Waals surface area (Å²) in [7, 11) is -4.86. The van der Waals surface area contributed by atoms with E-state index in [2.05, 4.69) is 0 Å². The van der Waals surface area contributed by atoms with E-state index in [-0.39, 0.29) is 11.4 Å². The molecule has 0 spiro atoms. The van der Waals surface area contributed by atoms with Crippen LogP contribution in [-0.2, 0) is 25.8 Å². The zero-order chi connectivity index (χ0) is 19.1. The van der Waals surface area contributed by atoms with Crippen LogP contribution in [0.5, 0.6) is 0 Å². The first-order valence-corrected chi connectivity index (χ1v) is 11.5. The molecule has 138 valence electrons. The normalized spacial score (nSPS) is 14.9.